The summed E-state index contributed by atoms with van der Waals surface area (Å²) in [7, 11) is 0. The van der Waals surface area contributed by atoms with E-state index in [1.165, 1.54) is 17.5 Å². The molecule has 0 heterocycles. The molecule has 0 fully saturated rings. The van der Waals surface area contributed by atoms with E-state index in [9.17, 15) is 4.79 Å². The quantitative estimate of drug-likeness (QED) is 0.641. The SMILES string of the molecule is O=C(NCCCOCCO)NCC1CCCc2ccccc21. The largest absolute Gasteiger partial charge is 0.394 e. The number of carbonyl (C=O) groups excluding carboxylic acids is 1. The minimum Gasteiger partial charge on any atom is -0.394 e. The molecule has 1 unspecified atom stereocenters. The number of aliphatic hydroxyl groups is 1. The van der Waals surface area contributed by atoms with Gasteiger partial charge in [-0.25, -0.2) is 4.79 Å². The van der Waals surface area contributed by atoms with Crippen molar-refractivity contribution >= 4 is 6.03 Å². The summed E-state index contributed by atoms with van der Waals surface area (Å²) in [4.78, 5) is 11.8. The number of urea groups is 1. The van der Waals surface area contributed by atoms with Gasteiger partial charge in [-0.3, -0.25) is 0 Å². The van der Waals surface area contributed by atoms with Crippen molar-refractivity contribution in [3.8, 4) is 0 Å². The van der Waals surface area contributed by atoms with Crippen molar-refractivity contribution in [2.24, 2.45) is 0 Å². The molecule has 0 spiro atoms. The van der Waals surface area contributed by atoms with E-state index in [1.807, 2.05) is 0 Å². The van der Waals surface area contributed by atoms with Crippen molar-refractivity contribution in [1.82, 2.24) is 10.6 Å². The molecule has 1 aliphatic rings. The fourth-order valence-electron chi connectivity index (χ4n) is 2.89. The van der Waals surface area contributed by atoms with Gasteiger partial charge in [-0.2, -0.15) is 0 Å². The van der Waals surface area contributed by atoms with Gasteiger partial charge in [0, 0.05) is 25.6 Å². The first-order chi connectivity index (χ1) is 10.8. The Balaban J connectivity index is 1.65. The minimum atomic E-state index is -0.120. The van der Waals surface area contributed by atoms with Crippen LogP contribution in [0.5, 0.6) is 0 Å². The second-order valence-electron chi connectivity index (χ2n) is 5.61. The number of hydrogen-bond donors (Lipinski definition) is 3. The lowest BCUT2D eigenvalue weighted by molar-refractivity contribution is 0.0910. The van der Waals surface area contributed by atoms with E-state index in [0.29, 0.717) is 32.2 Å². The molecule has 122 valence electrons. The lowest BCUT2D eigenvalue weighted by Gasteiger charge is -2.25. The third-order valence-electron chi connectivity index (χ3n) is 3.99. The van der Waals surface area contributed by atoms with Gasteiger partial charge in [-0.1, -0.05) is 24.3 Å². The van der Waals surface area contributed by atoms with Gasteiger partial charge in [0.1, 0.15) is 0 Å². The zero-order valence-corrected chi connectivity index (χ0v) is 13.0. The zero-order valence-electron chi connectivity index (χ0n) is 13.0. The van der Waals surface area contributed by atoms with Crippen LogP contribution in [0.3, 0.4) is 0 Å². The molecule has 3 N–H and O–H groups in total. The molecule has 1 aliphatic carbocycles. The van der Waals surface area contributed by atoms with Crippen LogP contribution < -0.4 is 10.6 Å². The summed E-state index contributed by atoms with van der Waals surface area (Å²) in [5.74, 6) is 0.420. The average Bonchev–Trinajstić information content (AvgIpc) is 2.56. The van der Waals surface area contributed by atoms with Crippen LogP contribution in [-0.2, 0) is 11.2 Å². The highest BCUT2D eigenvalue weighted by Crippen LogP contribution is 2.30. The number of aliphatic hydroxyl groups excluding tert-OH is 1. The molecule has 0 saturated heterocycles. The van der Waals surface area contributed by atoms with Crippen LogP contribution in [0, 0.1) is 0 Å². The van der Waals surface area contributed by atoms with Crippen LogP contribution in [0.4, 0.5) is 4.79 Å². The second-order valence-corrected chi connectivity index (χ2v) is 5.61. The summed E-state index contributed by atoms with van der Waals surface area (Å²) in [5, 5.41) is 14.4. The van der Waals surface area contributed by atoms with Crippen molar-refractivity contribution in [2.75, 3.05) is 32.9 Å². The molecule has 0 bridgehead atoms. The lowest BCUT2D eigenvalue weighted by Crippen LogP contribution is -2.39. The number of carbonyl (C=O) groups is 1. The molecule has 0 saturated carbocycles. The van der Waals surface area contributed by atoms with E-state index >= 15 is 0 Å². The Kier molecular flexibility index (Phi) is 7.19. The molecule has 2 rings (SSSR count). The Morgan fingerprint density at radius 3 is 3.00 bits per heavy atom. The molecule has 0 aliphatic heterocycles. The second kappa shape index (κ2) is 9.43. The van der Waals surface area contributed by atoms with Gasteiger partial charge in [0.15, 0.2) is 0 Å². The van der Waals surface area contributed by atoms with Crippen LogP contribution in [-0.4, -0.2) is 44.0 Å². The number of benzene rings is 1. The maximum Gasteiger partial charge on any atom is 0.314 e. The highest BCUT2D eigenvalue weighted by atomic mass is 16.5. The summed E-state index contributed by atoms with van der Waals surface area (Å²) < 4.78 is 5.14. The zero-order chi connectivity index (χ0) is 15.6. The van der Waals surface area contributed by atoms with Crippen molar-refractivity contribution in [1.29, 1.82) is 0 Å². The monoisotopic (exact) mass is 306 g/mol. The fourth-order valence-corrected chi connectivity index (χ4v) is 2.89. The number of fused-ring (bicyclic) bond motifs is 1. The smallest absolute Gasteiger partial charge is 0.314 e. The molecule has 0 radical (unpaired) electrons. The van der Waals surface area contributed by atoms with Crippen molar-refractivity contribution < 1.29 is 14.6 Å². The van der Waals surface area contributed by atoms with E-state index in [1.54, 1.807) is 0 Å². The highest BCUT2D eigenvalue weighted by Gasteiger charge is 2.19. The van der Waals surface area contributed by atoms with E-state index < -0.39 is 0 Å². The average molecular weight is 306 g/mol. The summed E-state index contributed by atoms with van der Waals surface area (Å²) in [6.45, 7) is 2.21. The minimum absolute atomic E-state index is 0.0385. The predicted octanol–water partition coefficient (Wildman–Crippen LogP) is 1.80. The van der Waals surface area contributed by atoms with Crippen LogP contribution in [0.1, 0.15) is 36.3 Å². The maximum absolute atomic E-state index is 11.8. The molecule has 1 aromatic carbocycles. The fraction of sp³-hybridized carbons (Fsp3) is 0.588. The third-order valence-corrected chi connectivity index (χ3v) is 3.99. The summed E-state index contributed by atoms with van der Waals surface area (Å²) in [6.07, 6.45) is 4.21. The number of rotatable bonds is 8. The van der Waals surface area contributed by atoms with Gasteiger partial charge in [-0.15, -0.1) is 0 Å². The number of nitrogens with one attached hydrogen (secondary N) is 2. The number of aryl methyl sites for hydroxylation is 1. The first kappa shape index (κ1) is 16.8. The Morgan fingerprint density at radius 2 is 2.14 bits per heavy atom. The van der Waals surface area contributed by atoms with Gasteiger partial charge < -0.3 is 20.5 Å². The molecular formula is C17H26N2O3. The van der Waals surface area contributed by atoms with Gasteiger partial charge in [-0.05, 0) is 36.8 Å². The Bertz CT molecular complexity index is 465. The standard InChI is InChI=1S/C17H26N2O3/c20-10-12-22-11-4-9-18-17(21)19-13-15-7-3-6-14-5-1-2-8-16(14)15/h1-2,5,8,15,20H,3-4,6-7,9-13H2,(H2,18,19,21). The number of amides is 2. The van der Waals surface area contributed by atoms with Crippen LogP contribution in [0.15, 0.2) is 24.3 Å². The van der Waals surface area contributed by atoms with E-state index in [4.69, 9.17) is 9.84 Å². The molecular weight excluding hydrogens is 280 g/mol. The van der Waals surface area contributed by atoms with Crippen molar-refractivity contribution in [2.45, 2.75) is 31.6 Å². The Labute approximate surface area is 132 Å². The van der Waals surface area contributed by atoms with Crippen molar-refractivity contribution in [3.05, 3.63) is 35.4 Å². The van der Waals surface area contributed by atoms with Crippen molar-refractivity contribution in [3.63, 3.8) is 0 Å². The first-order valence-electron chi connectivity index (χ1n) is 8.09. The summed E-state index contributed by atoms with van der Waals surface area (Å²) >= 11 is 0. The van der Waals surface area contributed by atoms with Gasteiger partial charge >= 0.3 is 6.03 Å². The van der Waals surface area contributed by atoms with Gasteiger partial charge in [0.05, 0.1) is 13.2 Å². The van der Waals surface area contributed by atoms with Crippen LogP contribution >= 0.6 is 0 Å². The summed E-state index contributed by atoms with van der Waals surface area (Å²) in [6, 6.07) is 8.40. The number of ether oxygens (including phenoxy) is 1. The molecule has 2 amide bonds. The Hall–Kier alpha value is -1.59. The normalized spacial score (nSPS) is 16.9. The maximum atomic E-state index is 11.8. The van der Waals surface area contributed by atoms with Gasteiger partial charge in [0.2, 0.25) is 0 Å². The van der Waals surface area contributed by atoms with Crippen LogP contribution in [0.25, 0.3) is 0 Å². The van der Waals surface area contributed by atoms with E-state index in [2.05, 4.69) is 34.9 Å². The Morgan fingerprint density at radius 1 is 1.27 bits per heavy atom. The van der Waals surface area contributed by atoms with Crippen LogP contribution in [0.2, 0.25) is 0 Å². The molecule has 5 nitrogen and oxygen atoms in total. The first-order valence-corrected chi connectivity index (χ1v) is 8.09. The predicted molar refractivity (Wildman–Crippen MR) is 86.0 cm³/mol. The molecule has 1 atom stereocenters. The molecule has 1 aromatic rings. The van der Waals surface area contributed by atoms with E-state index in [0.717, 1.165) is 19.3 Å². The molecule has 5 heteroatoms. The molecule has 0 aromatic heterocycles. The lowest BCUT2D eigenvalue weighted by atomic mass is 9.83. The molecule has 22 heavy (non-hydrogen) atoms. The summed E-state index contributed by atoms with van der Waals surface area (Å²) in [5.41, 5.74) is 2.80. The topological polar surface area (TPSA) is 70.6 Å². The third kappa shape index (κ3) is 5.31. The van der Waals surface area contributed by atoms with Gasteiger partial charge in [0.25, 0.3) is 0 Å². The van der Waals surface area contributed by atoms with E-state index in [-0.39, 0.29) is 12.6 Å². The highest BCUT2D eigenvalue weighted by molar-refractivity contribution is 5.73. The number of hydrogen-bond acceptors (Lipinski definition) is 3.